The molecular formula is C13H12Cl3N3. The van der Waals surface area contributed by atoms with Gasteiger partial charge in [0.1, 0.15) is 5.82 Å². The zero-order valence-electron chi connectivity index (χ0n) is 10.1. The lowest BCUT2D eigenvalue weighted by Crippen LogP contribution is -2.19. The smallest absolute Gasteiger partial charge is 0.128 e. The van der Waals surface area contributed by atoms with E-state index < -0.39 is 0 Å². The van der Waals surface area contributed by atoms with Gasteiger partial charge >= 0.3 is 0 Å². The Labute approximate surface area is 126 Å². The molecule has 0 aliphatic heterocycles. The lowest BCUT2D eigenvalue weighted by Gasteiger charge is -2.19. The minimum absolute atomic E-state index is 0.178. The Morgan fingerprint density at radius 1 is 1.05 bits per heavy atom. The molecule has 0 spiro atoms. The van der Waals surface area contributed by atoms with Crippen LogP contribution in [0.5, 0.6) is 0 Å². The summed E-state index contributed by atoms with van der Waals surface area (Å²) in [5, 5.41) is 4.82. The summed E-state index contributed by atoms with van der Waals surface area (Å²) in [6.07, 6.45) is 1.51. The van der Waals surface area contributed by atoms with Gasteiger partial charge in [0.2, 0.25) is 0 Å². The van der Waals surface area contributed by atoms with Gasteiger partial charge < -0.3 is 11.1 Å². The molecule has 2 rings (SSSR count). The third-order valence-electron chi connectivity index (χ3n) is 2.73. The molecule has 1 atom stereocenters. The van der Waals surface area contributed by atoms with Gasteiger partial charge in [-0.2, -0.15) is 0 Å². The number of aromatic nitrogens is 1. The van der Waals surface area contributed by atoms with E-state index in [1.807, 2.05) is 19.2 Å². The maximum absolute atomic E-state index is 6.02. The normalized spacial score (nSPS) is 12.4. The first kappa shape index (κ1) is 14.4. The fraction of sp³-hybridized carbons (Fsp3) is 0.154. The van der Waals surface area contributed by atoms with Crippen LogP contribution >= 0.6 is 34.8 Å². The van der Waals surface area contributed by atoms with Crippen LogP contribution in [0.1, 0.15) is 17.2 Å². The van der Waals surface area contributed by atoms with Gasteiger partial charge in [-0.15, -0.1) is 0 Å². The van der Waals surface area contributed by atoms with E-state index >= 15 is 0 Å². The van der Waals surface area contributed by atoms with Crippen molar-refractivity contribution in [2.24, 2.45) is 0 Å². The zero-order valence-corrected chi connectivity index (χ0v) is 12.4. The Hall–Kier alpha value is -1.00. The fourth-order valence-corrected chi connectivity index (χ4v) is 2.65. The van der Waals surface area contributed by atoms with Crippen LogP contribution in [0.25, 0.3) is 0 Å². The Bertz CT molecular complexity index is 581. The maximum atomic E-state index is 6.02. The summed E-state index contributed by atoms with van der Waals surface area (Å²) in [6, 6.07) is 6.94. The van der Waals surface area contributed by atoms with Gasteiger partial charge in [0, 0.05) is 21.8 Å². The summed E-state index contributed by atoms with van der Waals surface area (Å²) in [5.74, 6) is 0.417. The maximum Gasteiger partial charge on any atom is 0.128 e. The van der Waals surface area contributed by atoms with Gasteiger partial charge in [-0.25, -0.2) is 4.98 Å². The van der Waals surface area contributed by atoms with Gasteiger partial charge in [0.25, 0.3) is 0 Å². The van der Waals surface area contributed by atoms with Crippen molar-refractivity contribution in [2.75, 3.05) is 12.8 Å². The van der Waals surface area contributed by atoms with E-state index in [-0.39, 0.29) is 6.04 Å². The molecule has 19 heavy (non-hydrogen) atoms. The number of pyridine rings is 1. The standard InChI is InChI=1S/C13H12Cl3N3/c1-18-12(7-2-8(14)4-9(15)3-7)11-5-10(16)6-19-13(11)17/h2-6,12,18H,1H3,(H2,17,19). The number of nitrogens with two attached hydrogens (primary N) is 1. The Morgan fingerprint density at radius 2 is 1.68 bits per heavy atom. The number of benzene rings is 1. The number of anilines is 1. The summed E-state index contributed by atoms with van der Waals surface area (Å²) in [6.45, 7) is 0. The van der Waals surface area contributed by atoms with Crippen molar-refractivity contribution in [1.29, 1.82) is 0 Å². The van der Waals surface area contributed by atoms with Crippen molar-refractivity contribution in [1.82, 2.24) is 10.3 Å². The van der Waals surface area contributed by atoms with Gasteiger partial charge in [-0.1, -0.05) is 34.8 Å². The molecule has 1 aromatic heterocycles. The Kier molecular flexibility index (Phi) is 4.53. The van der Waals surface area contributed by atoms with Crippen LogP contribution in [-0.4, -0.2) is 12.0 Å². The quantitative estimate of drug-likeness (QED) is 0.902. The third-order valence-corrected chi connectivity index (χ3v) is 3.38. The van der Waals surface area contributed by atoms with Crippen LogP contribution in [-0.2, 0) is 0 Å². The van der Waals surface area contributed by atoms with E-state index in [4.69, 9.17) is 40.5 Å². The van der Waals surface area contributed by atoms with Gasteiger partial charge in [0.05, 0.1) is 11.1 Å². The highest BCUT2D eigenvalue weighted by Crippen LogP contribution is 2.30. The van der Waals surface area contributed by atoms with E-state index in [9.17, 15) is 0 Å². The van der Waals surface area contributed by atoms with Crippen LogP contribution < -0.4 is 11.1 Å². The lowest BCUT2D eigenvalue weighted by atomic mass is 9.99. The van der Waals surface area contributed by atoms with Crippen molar-refractivity contribution >= 4 is 40.6 Å². The zero-order chi connectivity index (χ0) is 14.0. The Balaban J connectivity index is 2.52. The molecule has 0 bridgehead atoms. The first-order valence-corrected chi connectivity index (χ1v) is 6.69. The number of rotatable bonds is 3. The van der Waals surface area contributed by atoms with Crippen molar-refractivity contribution in [2.45, 2.75) is 6.04 Å². The predicted molar refractivity (Wildman–Crippen MR) is 81.0 cm³/mol. The number of nitrogens with one attached hydrogen (secondary N) is 1. The predicted octanol–water partition coefficient (Wildman–Crippen LogP) is 3.93. The summed E-state index contributed by atoms with van der Waals surface area (Å²) in [4.78, 5) is 4.06. The van der Waals surface area contributed by atoms with E-state index in [1.54, 1.807) is 12.1 Å². The van der Waals surface area contributed by atoms with E-state index in [0.29, 0.717) is 20.9 Å². The number of hydrogen-bond acceptors (Lipinski definition) is 3. The van der Waals surface area contributed by atoms with Crippen LogP contribution in [0.3, 0.4) is 0 Å². The van der Waals surface area contributed by atoms with Crippen molar-refractivity contribution in [3.05, 3.63) is 56.7 Å². The number of nitrogen functional groups attached to an aromatic ring is 1. The highest BCUT2D eigenvalue weighted by Gasteiger charge is 2.17. The Morgan fingerprint density at radius 3 is 2.26 bits per heavy atom. The van der Waals surface area contributed by atoms with Gasteiger partial charge in [0.15, 0.2) is 0 Å². The molecule has 0 fully saturated rings. The molecule has 1 aromatic carbocycles. The minimum Gasteiger partial charge on any atom is -0.383 e. The van der Waals surface area contributed by atoms with Crippen LogP contribution in [0.15, 0.2) is 30.5 Å². The second kappa shape index (κ2) is 5.97. The first-order chi connectivity index (χ1) is 9.01. The molecule has 2 aromatic rings. The first-order valence-electron chi connectivity index (χ1n) is 5.55. The highest BCUT2D eigenvalue weighted by molar-refractivity contribution is 6.34. The number of halogens is 3. The third kappa shape index (κ3) is 3.31. The molecule has 0 saturated carbocycles. The molecule has 100 valence electrons. The largest absolute Gasteiger partial charge is 0.383 e. The van der Waals surface area contributed by atoms with Gasteiger partial charge in [-0.05, 0) is 36.9 Å². The van der Waals surface area contributed by atoms with Crippen molar-refractivity contribution in [3.63, 3.8) is 0 Å². The summed E-state index contributed by atoms with van der Waals surface area (Å²) < 4.78 is 0. The molecule has 0 saturated heterocycles. The molecule has 1 unspecified atom stereocenters. The van der Waals surface area contributed by atoms with E-state index in [1.165, 1.54) is 6.20 Å². The lowest BCUT2D eigenvalue weighted by molar-refractivity contribution is 0.691. The molecule has 0 aliphatic rings. The molecule has 0 radical (unpaired) electrons. The molecule has 1 heterocycles. The highest BCUT2D eigenvalue weighted by atomic mass is 35.5. The minimum atomic E-state index is -0.178. The summed E-state index contributed by atoms with van der Waals surface area (Å²) in [5.41, 5.74) is 7.59. The SMILES string of the molecule is CNC(c1cc(Cl)cc(Cl)c1)c1cc(Cl)cnc1N. The molecule has 0 amide bonds. The molecule has 0 aliphatic carbocycles. The van der Waals surface area contributed by atoms with Crippen LogP contribution in [0.2, 0.25) is 15.1 Å². The van der Waals surface area contributed by atoms with E-state index in [2.05, 4.69) is 10.3 Å². The molecule has 3 nitrogen and oxygen atoms in total. The monoisotopic (exact) mass is 315 g/mol. The fourth-order valence-electron chi connectivity index (χ4n) is 1.94. The van der Waals surface area contributed by atoms with E-state index in [0.717, 1.165) is 11.1 Å². The number of nitrogens with zero attached hydrogens (tertiary/aromatic N) is 1. The second-order valence-corrected chi connectivity index (χ2v) is 5.36. The van der Waals surface area contributed by atoms with Gasteiger partial charge in [-0.3, -0.25) is 0 Å². The average molecular weight is 317 g/mol. The topological polar surface area (TPSA) is 50.9 Å². The van der Waals surface area contributed by atoms with Crippen LogP contribution in [0, 0.1) is 0 Å². The average Bonchev–Trinajstić information content (AvgIpc) is 2.33. The summed E-state index contributed by atoms with van der Waals surface area (Å²) >= 11 is 18.0. The number of hydrogen-bond donors (Lipinski definition) is 2. The van der Waals surface area contributed by atoms with Crippen molar-refractivity contribution in [3.8, 4) is 0 Å². The van der Waals surface area contributed by atoms with Crippen LogP contribution in [0.4, 0.5) is 5.82 Å². The molecule has 6 heteroatoms. The second-order valence-electron chi connectivity index (χ2n) is 4.05. The molecular weight excluding hydrogens is 305 g/mol. The summed E-state index contributed by atoms with van der Waals surface area (Å²) in [7, 11) is 1.82. The van der Waals surface area contributed by atoms with Crippen molar-refractivity contribution < 1.29 is 0 Å². The molecule has 3 N–H and O–H groups in total.